The molecule has 1 aliphatic rings. The fraction of sp³-hybridized carbons (Fsp3) is 0.500. The van der Waals surface area contributed by atoms with Gasteiger partial charge in [-0.2, -0.15) is 0 Å². The Bertz CT molecular complexity index is 347. The van der Waals surface area contributed by atoms with Crippen molar-refractivity contribution in [3.63, 3.8) is 0 Å². The first-order valence-corrected chi connectivity index (χ1v) is 6.17. The van der Waals surface area contributed by atoms with Crippen molar-refractivity contribution in [2.24, 2.45) is 5.73 Å². The first-order valence-electron chi connectivity index (χ1n) is 5.38. The van der Waals surface area contributed by atoms with Crippen LogP contribution in [0.5, 0.6) is 0 Å². The molecule has 0 radical (unpaired) electrons. The molecule has 1 atom stereocenters. The highest BCUT2D eigenvalue weighted by molar-refractivity contribution is 9.10. The average Bonchev–Trinajstić information content (AvgIpc) is 2.65. The summed E-state index contributed by atoms with van der Waals surface area (Å²) in [5, 5.41) is 0. The molecule has 1 fully saturated rings. The Morgan fingerprint density at radius 1 is 1.31 bits per heavy atom. The van der Waals surface area contributed by atoms with E-state index in [-0.39, 0.29) is 6.04 Å². The van der Waals surface area contributed by atoms with Gasteiger partial charge in [0.1, 0.15) is 0 Å². The van der Waals surface area contributed by atoms with Crippen molar-refractivity contribution < 1.29 is 9.47 Å². The third kappa shape index (κ3) is 2.83. The van der Waals surface area contributed by atoms with E-state index in [9.17, 15) is 0 Å². The Morgan fingerprint density at radius 3 is 2.44 bits per heavy atom. The van der Waals surface area contributed by atoms with Crippen LogP contribution in [0.25, 0.3) is 0 Å². The molecule has 0 aliphatic carbocycles. The lowest BCUT2D eigenvalue weighted by Gasteiger charge is -2.26. The largest absolute Gasteiger partial charge is 0.348 e. The van der Waals surface area contributed by atoms with Gasteiger partial charge >= 0.3 is 0 Å². The van der Waals surface area contributed by atoms with Gasteiger partial charge < -0.3 is 15.2 Å². The van der Waals surface area contributed by atoms with E-state index in [1.165, 1.54) is 0 Å². The van der Waals surface area contributed by atoms with Crippen molar-refractivity contribution >= 4 is 15.9 Å². The third-order valence-corrected chi connectivity index (χ3v) is 3.32. The Labute approximate surface area is 104 Å². The topological polar surface area (TPSA) is 44.5 Å². The second-order valence-electron chi connectivity index (χ2n) is 4.19. The molecule has 0 bridgehead atoms. The molecule has 2 N–H and O–H groups in total. The first-order chi connectivity index (χ1) is 7.59. The lowest BCUT2D eigenvalue weighted by Crippen LogP contribution is -2.31. The summed E-state index contributed by atoms with van der Waals surface area (Å²) in [5.41, 5.74) is 7.24. The molecule has 1 aromatic carbocycles. The molecule has 2 rings (SSSR count). The van der Waals surface area contributed by atoms with Crippen molar-refractivity contribution in [3.05, 3.63) is 34.3 Å². The van der Waals surface area contributed by atoms with Gasteiger partial charge in [-0.1, -0.05) is 28.1 Å². The van der Waals surface area contributed by atoms with E-state index < -0.39 is 5.79 Å². The zero-order valence-electron chi connectivity index (χ0n) is 9.28. The molecular formula is C12H16BrNO2. The summed E-state index contributed by atoms with van der Waals surface area (Å²) in [5.74, 6) is -0.521. The molecule has 0 amide bonds. The first kappa shape index (κ1) is 12.0. The lowest BCUT2D eigenvalue weighted by atomic mass is 10.0. The highest BCUT2D eigenvalue weighted by Gasteiger charge is 2.33. The van der Waals surface area contributed by atoms with Crippen LogP contribution >= 0.6 is 15.9 Å². The van der Waals surface area contributed by atoms with Crippen molar-refractivity contribution in [3.8, 4) is 0 Å². The molecule has 0 saturated carbocycles. The highest BCUT2D eigenvalue weighted by atomic mass is 79.9. The van der Waals surface area contributed by atoms with Gasteiger partial charge in [0.05, 0.1) is 13.2 Å². The normalized spacial score (nSPS) is 20.9. The zero-order valence-corrected chi connectivity index (χ0v) is 10.9. The summed E-state index contributed by atoms with van der Waals surface area (Å²) >= 11 is 3.40. The van der Waals surface area contributed by atoms with Crippen LogP contribution in [0.2, 0.25) is 0 Å². The number of ether oxygens (including phenoxy) is 2. The van der Waals surface area contributed by atoms with Gasteiger partial charge in [-0.25, -0.2) is 0 Å². The van der Waals surface area contributed by atoms with E-state index >= 15 is 0 Å². The summed E-state index contributed by atoms with van der Waals surface area (Å²) in [7, 11) is 0. The van der Waals surface area contributed by atoms with E-state index in [0.717, 1.165) is 10.0 Å². The maximum Gasteiger partial charge on any atom is 0.167 e. The fourth-order valence-corrected chi connectivity index (χ4v) is 2.17. The van der Waals surface area contributed by atoms with E-state index in [1.807, 2.05) is 31.2 Å². The number of halogens is 1. The van der Waals surface area contributed by atoms with Gasteiger partial charge in [-0.05, 0) is 24.6 Å². The molecule has 1 unspecified atom stereocenters. The molecule has 1 saturated heterocycles. The monoisotopic (exact) mass is 285 g/mol. The van der Waals surface area contributed by atoms with Gasteiger partial charge in [0.2, 0.25) is 0 Å². The summed E-state index contributed by atoms with van der Waals surface area (Å²) in [6.07, 6.45) is 0.675. The highest BCUT2D eigenvalue weighted by Crippen LogP contribution is 2.29. The minimum Gasteiger partial charge on any atom is -0.348 e. The smallest absolute Gasteiger partial charge is 0.167 e. The molecule has 16 heavy (non-hydrogen) atoms. The van der Waals surface area contributed by atoms with Crippen LogP contribution in [0.15, 0.2) is 28.7 Å². The van der Waals surface area contributed by atoms with Crippen LogP contribution in [0, 0.1) is 0 Å². The lowest BCUT2D eigenvalue weighted by molar-refractivity contribution is -0.150. The minimum atomic E-state index is -0.521. The maximum atomic E-state index is 6.13. The summed E-state index contributed by atoms with van der Waals surface area (Å²) in [4.78, 5) is 0. The Kier molecular flexibility index (Phi) is 3.64. The fourth-order valence-electron chi connectivity index (χ4n) is 1.90. The number of hydrogen-bond donors (Lipinski definition) is 1. The van der Waals surface area contributed by atoms with E-state index in [2.05, 4.69) is 15.9 Å². The predicted octanol–water partition coefficient (Wildman–Crippen LogP) is 2.60. The zero-order chi connectivity index (χ0) is 11.6. The summed E-state index contributed by atoms with van der Waals surface area (Å²) in [6.45, 7) is 3.26. The minimum absolute atomic E-state index is 0.0591. The van der Waals surface area contributed by atoms with Gasteiger partial charge in [0.15, 0.2) is 5.79 Å². The van der Waals surface area contributed by atoms with Crippen molar-refractivity contribution in [1.29, 1.82) is 0 Å². The van der Waals surface area contributed by atoms with E-state index in [4.69, 9.17) is 15.2 Å². The number of hydrogen-bond acceptors (Lipinski definition) is 3. The predicted molar refractivity (Wildman–Crippen MR) is 66.0 cm³/mol. The number of benzene rings is 1. The van der Waals surface area contributed by atoms with Crippen molar-refractivity contribution in [1.82, 2.24) is 0 Å². The van der Waals surface area contributed by atoms with Crippen LogP contribution in [0.3, 0.4) is 0 Å². The maximum absolute atomic E-state index is 6.13. The molecule has 0 aromatic heterocycles. The second-order valence-corrected chi connectivity index (χ2v) is 5.11. The van der Waals surface area contributed by atoms with Crippen molar-refractivity contribution in [2.45, 2.75) is 25.2 Å². The van der Waals surface area contributed by atoms with Crippen LogP contribution in [0.4, 0.5) is 0 Å². The van der Waals surface area contributed by atoms with Gasteiger partial charge in [-0.15, -0.1) is 0 Å². The number of rotatable bonds is 3. The van der Waals surface area contributed by atoms with E-state index in [0.29, 0.717) is 19.6 Å². The molecule has 88 valence electrons. The SMILES string of the molecule is CC1(CC(N)c2ccc(Br)cc2)OCCO1. The Hall–Kier alpha value is -0.420. The van der Waals surface area contributed by atoms with Gasteiger partial charge in [0, 0.05) is 16.9 Å². The van der Waals surface area contributed by atoms with Crippen LogP contribution in [-0.4, -0.2) is 19.0 Å². The number of nitrogens with two attached hydrogens (primary N) is 1. The molecule has 0 spiro atoms. The molecule has 1 aliphatic heterocycles. The summed E-state index contributed by atoms with van der Waals surface area (Å²) in [6, 6.07) is 7.97. The van der Waals surface area contributed by atoms with Gasteiger partial charge in [-0.3, -0.25) is 0 Å². The molecule has 4 heteroatoms. The van der Waals surface area contributed by atoms with Crippen molar-refractivity contribution in [2.75, 3.05) is 13.2 Å². The third-order valence-electron chi connectivity index (χ3n) is 2.79. The Morgan fingerprint density at radius 2 is 1.88 bits per heavy atom. The average molecular weight is 286 g/mol. The summed E-state index contributed by atoms with van der Waals surface area (Å²) < 4.78 is 12.1. The quantitative estimate of drug-likeness (QED) is 0.929. The van der Waals surface area contributed by atoms with Crippen LogP contribution in [-0.2, 0) is 9.47 Å². The molecule has 1 heterocycles. The standard InChI is InChI=1S/C12H16BrNO2/c1-12(15-6-7-16-12)8-11(14)9-2-4-10(13)5-3-9/h2-5,11H,6-8,14H2,1H3. The van der Waals surface area contributed by atoms with Gasteiger partial charge in [0.25, 0.3) is 0 Å². The Balaban J connectivity index is 2.02. The molecular weight excluding hydrogens is 270 g/mol. The molecule has 3 nitrogen and oxygen atoms in total. The van der Waals surface area contributed by atoms with Crippen LogP contribution < -0.4 is 5.73 Å². The van der Waals surface area contributed by atoms with Crippen LogP contribution in [0.1, 0.15) is 24.9 Å². The second kappa shape index (κ2) is 4.84. The molecule has 1 aromatic rings. The van der Waals surface area contributed by atoms with E-state index in [1.54, 1.807) is 0 Å².